The lowest BCUT2D eigenvalue weighted by Gasteiger charge is -2.22. The highest BCUT2D eigenvalue weighted by Gasteiger charge is 2.15. The summed E-state index contributed by atoms with van der Waals surface area (Å²) in [5, 5.41) is 27.2. The van der Waals surface area contributed by atoms with E-state index in [1.54, 1.807) is 0 Å². The maximum Gasteiger partial charge on any atom is 0.315 e. The van der Waals surface area contributed by atoms with Crippen LogP contribution in [-0.4, -0.2) is 40.7 Å². The van der Waals surface area contributed by atoms with Gasteiger partial charge in [0.1, 0.15) is 6.73 Å². The second-order valence-electron chi connectivity index (χ2n) is 6.13. The van der Waals surface area contributed by atoms with Gasteiger partial charge in [-0.2, -0.15) is 5.06 Å². The number of fused-ring (bicyclic) bond motifs is 1. The minimum absolute atomic E-state index is 0.193. The molecule has 136 valence electrons. The Labute approximate surface area is 148 Å². The lowest BCUT2D eigenvalue weighted by molar-refractivity contribution is -0.146. The molecule has 2 amide bonds. The highest BCUT2D eigenvalue weighted by atomic mass is 16.5. The van der Waals surface area contributed by atoms with E-state index < -0.39 is 6.73 Å². The minimum Gasteiger partial charge on any atom is -0.379 e. The van der Waals surface area contributed by atoms with E-state index in [0.717, 1.165) is 40.7 Å². The number of hydroxylamine groups is 2. The van der Waals surface area contributed by atoms with Crippen LogP contribution in [0.3, 0.4) is 0 Å². The van der Waals surface area contributed by atoms with E-state index in [2.05, 4.69) is 17.6 Å². The van der Waals surface area contributed by atoms with Crippen LogP contribution in [0.4, 0.5) is 4.79 Å². The van der Waals surface area contributed by atoms with E-state index >= 15 is 0 Å². The summed E-state index contributed by atoms with van der Waals surface area (Å²) in [4.78, 5) is 12.2. The number of benzene rings is 2. The smallest absolute Gasteiger partial charge is 0.315 e. The number of aliphatic hydroxyl groups is 1. The molecule has 2 rings (SSSR count). The standard InChI is InChI=1S/C19H27N3O3/c1-2-3-10-17(13-22(25)14-23)21-19(24)20-12-16-9-6-8-15-7-4-5-11-18(15)16/h4-9,11,17,23,25H,2-3,10,12-14H2,1H3,(H2,20,21,24)/t17-/m1/s1. The number of urea groups is 1. The normalized spacial score (nSPS) is 12.3. The van der Waals surface area contributed by atoms with Crippen molar-refractivity contribution in [1.29, 1.82) is 0 Å². The first kappa shape index (κ1) is 19.2. The van der Waals surface area contributed by atoms with E-state index in [1.165, 1.54) is 0 Å². The van der Waals surface area contributed by atoms with Gasteiger partial charge in [0.2, 0.25) is 0 Å². The van der Waals surface area contributed by atoms with Gasteiger partial charge in [-0.15, -0.1) is 0 Å². The highest BCUT2D eigenvalue weighted by Crippen LogP contribution is 2.18. The van der Waals surface area contributed by atoms with Crippen LogP contribution in [0, 0.1) is 0 Å². The first-order valence-corrected chi connectivity index (χ1v) is 8.69. The molecule has 0 spiro atoms. The summed E-state index contributed by atoms with van der Waals surface area (Å²) < 4.78 is 0. The number of carbonyl (C=O) groups is 1. The zero-order valence-corrected chi connectivity index (χ0v) is 14.6. The van der Waals surface area contributed by atoms with Crippen molar-refractivity contribution in [3.8, 4) is 0 Å². The third kappa shape index (κ3) is 6.01. The van der Waals surface area contributed by atoms with Crippen molar-refractivity contribution in [2.45, 2.75) is 38.8 Å². The SMILES string of the molecule is CCCC[C@H](CN(O)CO)NC(=O)NCc1cccc2ccccc12. The molecule has 6 heteroatoms. The molecule has 0 saturated carbocycles. The van der Waals surface area contributed by atoms with Gasteiger partial charge in [-0.05, 0) is 22.8 Å². The average molecular weight is 345 g/mol. The molecule has 0 aromatic heterocycles. The first-order chi connectivity index (χ1) is 12.1. The second-order valence-corrected chi connectivity index (χ2v) is 6.13. The van der Waals surface area contributed by atoms with Crippen molar-refractivity contribution in [3.05, 3.63) is 48.0 Å². The molecular formula is C19H27N3O3. The van der Waals surface area contributed by atoms with Gasteiger partial charge in [0.05, 0.1) is 0 Å². The van der Waals surface area contributed by atoms with Crippen LogP contribution in [0.2, 0.25) is 0 Å². The van der Waals surface area contributed by atoms with Crippen molar-refractivity contribution in [1.82, 2.24) is 15.7 Å². The van der Waals surface area contributed by atoms with Crippen molar-refractivity contribution in [2.75, 3.05) is 13.3 Å². The van der Waals surface area contributed by atoms with Crippen LogP contribution in [-0.2, 0) is 6.54 Å². The van der Waals surface area contributed by atoms with Gasteiger partial charge in [-0.1, -0.05) is 62.2 Å². The van der Waals surface area contributed by atoms with Crippen LogP contribution in [0.1, 0.15) is 31.7 Å². The number of unbranched alkanes of at least 4 members (excludes halogenated alkanes) is 1. The molecule has 0 bridgehead atoms. The Morgan fingerprint density at radius 2 is 1.96 bits per heavy atom. The molecule has 0 unspecified atom stereocenters. The number of amides is 2. The van der Waals surface area contributed by atoms with E-state index in [9.17, 15) is 10.0 Å². The number of nitrogens with one attached hydrogen (secondary N) is 2. The Balaban J connectivity index is 1.93. The van der Waals surface area contributed by atoms with E-state index in [1.807, 2.05) is 42.5 Å². The van der Waals surface area contributed by atoms with Crippen molar-refractivity contribution < 1.29 is 15.1 Å². The maximum absolute atomic E-state index is 12.2. The molecule has 1 atom stereocenters. The zero-order valence-electron chi connectivity index (χ0n) is 14.6. The highest BCUT2D eigenvalue weighted by molar-refractivity contribution is 5.86. The van der Waals surface area contributed by atoms with Crippen LogP contribution in [0.25, 0.3) is 10.8 Å². The molecule has 0 aliphatic heterocycles. The van der Waals surface area contributed by atoms with Crippen LogP contribution in [0.15, 0.2) is 42.5 Å². The topological polar surface area (TPSA) is 84.8 Å². The van der Waals surface area contributed by atoms with Gasteiger partial charge in [-0.3, -0.25) is 0 Å². The maximum atomic E-state index is 12.2. The Morgan fingerprint density at radius 1 is 1.20 bits per heavy atom. The molecule has 0 heterocycles. The molecule has 0 aliphatic rings. The van der Waals surface area contributed by atoms with Crippen LogP contribution < -0.4 is 10.6 Å². The second kappa shape index (κ2) is 9.98. The Hall–Kier alpha value is -2.15. The quantitative estimate of drug-likeness (QED) is 0.416. The molecule has 0 radical (unpaired) electrons. The summed E-state index contributed by atoms with van der Waals surface area (Å²) in [6.45, 7) is 2.23. The van der Waals surface area contributed by atoms with Crippen LogP contribution in [0.5, 0.6) is 0 Å². The van der Waals surface area contributed by atoms with E-state index in [4.69, 9.17) is 5.11 Å². The number of aliphatic hydroxyl groups excluding tert-OH is 1. The summed E-state index contributed by atoms with van der Waals surface area (Å²) in [6, 6.07) is 13.6. The molecule has 2 aromatic carbocycles. The molecule has 0 saturated heterocycles. The largest absolute Gasteiger partial charge is 0.379 e. The van der Waals surface area contributed by atoms with Gasteiger partial charge >= 0.3 is 6.03 Å². The fraction of sp³-hybridized carbons (Fsp3) is 0.421. The lowest BCUT2D eigenvalue weighted by Crippen LogP contribution is -2.47. The number of hydrogen-bond acceptors (Lipinski definition) is 4. The molecule has 4 N–H and O–H groups in total. The van der Waals surface area contributed by atoms with Gasteiger partial charge < -0.3 is 20.9 Å². The number of rotatable bonds is 9. The fourth-order valence-corrected chi connectivity index (χ4v) is 2.83. The van der Waals surface area contributed by atoms with Crippen molar-refractivity contribution in [2.24, 2.45) is 0 Å². The number of hydrogen-bond donors (Lipinski definition) is 4. The molecule has 6 nitrogen and oxygen atoms in total. The lowest BCUT2D eigenvalue weighted by atomic mass is 10.0. The summed E-state index contributed by atoms with van der Waals surface area (Å²) in [7, 11) is 0. The van der Waals surface area contributed by atoms with Gasteiger partial charge in [-0.25, -0.2) is 4.79 Å². The first-order valence-electron chi connectivity index (χ1n) is 8.69. The number of nitrogens with zero attached hydrogens (tertiary/aromatic N) is 1. The summed E-state index contributed by atoms with van der Waals surface area (Å²) >= 11 is 0. The van der Waals surface area contributed by atoms with Crippen LogP contribution >= 0.6 is 0 Å². The monoisotopic (exact) mass is 345 g/mol. The third-order valence-corrected chi connectivity index (χ3v) is 4.16. The summed E-state index contributed by atoms with van der Waals surface area (Å²) in [5.41, 5.74) is 1.05. The summed E-state index contributed by atoms with van der Waals surface area (Å²) in [5.74, 6) is 0. The average Bonchev–Trinajstić information content (AvgIpc) is 2.64. The fourth-order valence-electron chi connectivity index (χ4n) is 2.83. The molecule has 0 fully saturated rings. The Kier molecular flexibility index (Phi) is 7.66. The molecule has 2 aromatic rings. The predicted molar refractivity (Wildman–Crippen MR) is 98.2 cm³/mol. The zero-order chi connectivity index (χ0) is 18.1. The van der Waals surface area contributed by atoms with Crippen molar-refractivity contribution >= 4 is 16.8 Å². The van der Waals surface area contributed by atoms with Gasteiger partial charge in [0.15, 0.2) is 0 Å². The summed E-state index contributed by atoms with van der Waals surface area (Å²) in [6.07, 6.45) is 2.68. The van der Waals surface area contributed by atoms with Gasteiger partial charge in [0.25, 0.3) is 0 Å². The third-order valence-electron chi connectivity index (χ3n) is 4.16. The molecule has 25 heavy (non-hydrogen) atoms. The Morgan fingerprint density at radius 3 is 2.72 bits per heavy atom. The molecule has 0 aliphatic carbocycles. The van der Waals surface area contributed by atoms with Crippen molar-refractivity contribution in [3.63, 3.8) is 0 Å². The predicted octanol–water partition coefficient (Wildman–Crippen LogP) is 2.84. The Bertz CT molecular complexity index is 673. The number of carbonyl (C=O) groups excluding carboxylic acids is 1. The van der Waals surface area contributed by atoms with E-state index in [-0.39, 0.29) is 18.6 Å². The van der Waals surface area contributed by atoms with Gasteiger partial charge in [0, 0.05) is 19.1 Å². The molecular weight excluding hydrogens is 318 g/mol. The van der Waals surface area contributed by atoms with E-state index in [0.29, 0.717) is 6.54 Å². The minimum atomic E-state index is -0.456.